The minimum absolute atomic E-state index is 0.580. The molecule has 2 aromatic rings. The minimum atomic E-state index is 0.580. The van der Waals surface area contributed by atoms with E-state index in [-0.39, 0.29) is 0 Å². The first-order chi connectivity index (χ1) is 8.43. The van der Waals surface area contributed by atoms with Crippen molar-refractivity contribution >= 4 is 5.57 Å². The third-order valence-electron chi connectivity index (χ3n) is 2.73. The van der Waals surface area contributed by atoms with Gasteiger partial charge >= 0.3 is 0 Å². The van der Waals surface area contributed by atoms with E-state index in [1.807, 2.05) is 42.5 Å². The first-order valence-electron chi connectivity index (χ1n) is 5.68. The third-order valence-corrected chi connectivity index (χ3v) is 2.73. The Morgan fingerprint density at radius 1 is 1.00 bits per heavy atom. The highest BCUT2D eigenvalue weighted by Crippen LogP contribution is 2.25. The summed E-state index contributed by atoms with van der Waals surface area (Å²) >= 11 is 0. The predicted molar refractivity (Wildman–Crippen MR) is 66.1 cm³/mol. The van der Waals surface area contributed by atoms with Crippen LogP contribution in [0.1, 0.15) is 18.7 Å². The molecule has 3 rings (SSSR count). The van der Waals surface area contributed by atoms with Crippen LogP contribution in [0, 0.1) is 0 Å². The van der Waals surface area contributed by atoms with Crippen molar-refractivity contribution in [2.45, 2.75) is 12.8 Å². The average Bonchev–Trinajstić information content (AvgIpc) is 2.90. The van der Waals surface area contributed by atoms with Crippen molar-refractivity contribution < 1.29 is 4.42 Å². The topological polar surface area (TPSA) is 38.9 Å². The van der Waals surface area contributed by atoms with Crippen LogP contribution in [0.25, 0.3) is 17.0 Å². The highest BCUT2D eigenvalue weighted by atomic mass is 16.4. The quantitative estimate of drug-likeness (QED) is 0.784. The van der Waals surface area contributed by atoms with E-state index >= 15 is 0 Å². The number of nitrogens with zero attached hydrogens (tertiary/aromatic N) is 2. The molecule has 0 unspecified atom stereocenters. The standard InChI is InChI=1S/C14H12N2O/c1-3-7-11(8-4-1)13-15-16-14(17-13)12-9-5-2-6-10-12/h1-5,7-9H,6,10H2. The largest absolute Gasteiger partial charge is 0.416 e. The second-order valence-electron chi connectivity index (χ2n) is 3.94. The van der Waals surface area contributed by atoms with Gasteiger partial charge in [-0.2, -0.15) is 0 Å². The smallest absolute Gasteiger partial charge is 0.248 e. The molecule has 0 bridgehead atoms. The molecule has 3 heteroatoms. The van der Waals surface area contributed by atoms with E-state index in [0.29, 0.717) is 11.8 Å². The van der Waals surface area contributed by atoms with E-state index in [0.717, 1.165) is 24.0 Å². The lowest BCUT2D eigenvalue weighted by molar-refractivity contribution is 0.550. The van der Waals surface area contributed by atoms with Crippen LogP contribution in [0.3, 0.4) is 0 Å². The Bertz CT molecular complexity index is 567. The van der Waals surface area contributed by atoms with E-state index in [2.05, 4.69) is 16.3 Å². The van der Waals surface area contributed by atoms with Gasteiger partial charge < -0.3 is 4.42 Å². The normalized spacial score (nSPS) is 14.7. The first-order valence-corrected chi connectivity index (χ1v) is 5.68. The van der Waals surface area contributed by atoms with Crippen LogP contribution in [0.4, 0.5) is 0 Å². The SMILES string of the molecule is C1=CCCC(c2nnc(-c3ccccc3)o2)=C1. The van der Waals surface area contributed by atoms with Crippen molar-refractivity contribution in [1.29, 1.82) is 0 Å². The summed E-state index contributed by atoms with van der Waals surface area (Å²) in [6, 6.07) is 9.82. The fraction of sp³-hybridized carbons (Fsp3) is 0.143. The summed E-state index contributed by atoms with van der Waals surface area (Å²) in [6.07, 6.45) is 8.21. The molecule has 0 aliphatic heterocycles. The van der Waals surface area contributed by atoms with Crippen molar-refractivity contribution in [3.63, 3.8) is 0 Å². The fourth-order valence-electron chi connectivity index (χ4n) is 1.83. The maximum atomic E-state index is 5.68. The second kappa shape index (κ2) is 4.37. The maximum Gasteiger partial charge on any atom is 0.248 e. The zero-order valence-electron chi connectivity index (χ0n) is 9.34. The lowest BCUT2D eigenvalue weighted by Crippen LogP contribution is -1.87. The molecule has 0 saturated carbocycles. The lowest BCUT2D eigenvalue weighted by atomic mass is 10.1. The van der Waals surface area contributed by atoms with Crippen molar-refractivity contribution in [3.05, 3.63) is 54.5 Å². The Morgan fingerprint density at radius 2 is 1.82 bits per heavy atom. The molecule has 0 radical (unpaired) electrons. The average molecular weight is 224 g/mol. The van der Waals surface area contributed by atoms with E-state index < -0.39 is 0 Å². The Balaban J connectivity index is 1.93. The molecule has 0 fully saturated rings. The van der Waals surface area contributed by atoms with Gasteiger partial charge in [0.2, 0.25) is 11.8 Å². The molecule has 1 aliphatic carbocycles. The number of allylic oxidation sites excluding steroid dienone is 4. The molecule has 0 saturated heterocycles. The van der Waals surface area contributed by atoms with Gasteiger partial charge in [-0.1, -0.05) is 36.4 Å². The van der Waals surface area contributed by atoms with Crippen LogP contribution in [0.2, 0.25) is 0 Å². The van der Waals surface area contributed by atoms with Gasteiger partial charge in [0.25, 0.3) is 0 Å². The molecule has 1 heterocycles. The third kappa shape index (κ3) is 2.04. The molecule has 1 aromatic heterocycles. The summed E-state index contributed by atoms with van der Waals surface area (Å²) in [5.74, 6) is 1.21. The number of hydrogen-bond acceptors (Lipinski definition) is 3. The molecule has 17 heavy (non-hydrogen) atoms. The van der Waals surface area contributed by atoms with Gasteiger partial charge in [-0.3, -0.25) is 0 Å². The van der Waals surface area contributed by atoms with Crippen molar-refractivity contribution in [3.8, 4) is 11.5 Å². The van der Waals surface area contributed by atoms with Gasteiger partial charge in [-0.15, -0.1) is 10.2 Å². The van der Waals surface area contributed by atoms with Crippen LogP contribution in [-0.4, -0.2) is 10.2 Å². The Morgan fingerprint density at radius 3 is 2.59 bits per heavy atom. The zero-order chi connectivity index (χ0) is 11.5. The molecular formula is C14H12N2O. The molecule has 0 N–H and O–H groups in total. The number of benzene rings is 1. The number of rotatable bonds is 2. The molecule has 0 amide bonds. The van der Waals surface area contributed by atoms with Crippen LogP contribution < -0.4 is 0 Å². The van der Waals surface area contributed by atoms with Crippen molar-refractivity contribution in [2.75, 3.05) is 0 Å². The van der Waals surface area contributed by atoms with Crippen molar-refractivity contribution in [1.82, 2.24) is 10.2 Å². The summed E-state index contributed by atoms with van der Waals surface area (Å²) in [4.78, 5) is 0. The van der Waals surface area contributed by atoms with Crippen molar-refractivity contribution in [2.24, 2.45) is 0 Å². The molecule has 1 aliphatic rings. The molecule has 3 nitrogen and oxygen atoms in total. The van der Waals surface area contributed by atoms with Crippen LogP contribution in [-0.2, 0) is 0 Å². The van der Waals surface area contributed by atoms with Gasteiger partial charge in [0, 0.05) is 11.1 Å². The monoisotopic (exact) mass is 224 g/mol. The molecule has 0 atom stereocenters. The summed E-state index contributed by atoms with van der Waals surface area (Å²) in [5, 5.41) is 8.18. The Labute approximate surface area is 99.5 Å². The zero-order valence-corrected chi connectivity index (χ0v) is 9.34. The lowest BCUT2D eigenvalue weighted by Gasteiger charge is -2.02. The van der Waals surface area contributed by atoms with E-state index in [1.165, 1.54) is 0 Å². The van der Waals surface area contributed by atoms with Gasteiger partial charge in [0.1, 0.15) is 0 Å². The molecule has 0 spiro atoms. The van der Waals surface area contributed by atoms with Crippen LogP contribution >= 0.6 is 0 Å². The highest BCUT2D eigenvalue weighted by Gasteiger charge is 2.12. The summed E-state index contributed by atoms with van der Waals surface area (Å²) < 4.78 is 5.68. The van der Waals surface area contributed by atoms with Gasteiger partial charge in [-0.25, -0.2) is 0 Å². The summed E-state index contributed by atoms with van der Waals surface area (Å²) in [5.41, 5.74) is 2.07. The van der Waals surface area contributed by atoms with E-state index in [4.69, 9.17) is 4.42 Å². The van der Waals surface area contributed by atoms with Crippen LogP contribution in [0.15, 0.2) is 53.0 Å². The first kappa shape index (κ1) is 10.0. The molecule has 84 valence electrons. The Kier molecular flexibility index (Phi) is 2.58. The van der Waals surface area contributed by atoms with E-state index in [9.17, 15) is 0 Å². The highest BCUT2D eigenvalue weighted by molar-refractivity contribution is 5.63. The number of aromatic nitrogens is 2. The molecule has 1 aromatic carbocycles. The second-order valence-corrected chi connectivity index (χ2v) is 3.94. The fourth-order valence-corrected chi connectivity index (χ4v) is 1.83. The Hall–Kier alpha value is -2.16. The minimum Gasteiger partial charge on any atom is -0.416 e. The summed E-state index contributed by atoms with van der Waals surface area (Å²) in [7, 11) is 0. The van der Waals surface area contributed by atoms with Gasteiger partial charge in [0.15, 0.2) is 0 Å². The van der Waals surface area contributed by atoms with Gasteiger partial charge in [-0.05, 0) is 25.0 Å². The van der Waals surface area contributed by atoms with Gasteiger partial charge in [0.05, 0.1) is 0 Å². The predicted octanol–water partition coefficient (Wildman–Crippen LogP) is 3.47. The van der Waals surface area contributed by atoms with E-state index in [1.54, 1.807) is 0 Å². The maximum absolute atomic E-state index is 5.68. The molecular weight excluding hydrogens is 212 g/mol. The number of hydrogen-bond donors (Lipinski definition) is 0. The summed E-state index contributed by atoms with van der Waals surface area (Å²) in [6.45, 7) is 0. The van der Waals surface area contributed by atoms with Crippen LogP contribution in [0.5, 0.6) is 0 Å².